The molecule has 2 nitrogen and oxygen atoms in total. The maximum absolute atomic E-state index is 9.46. The molecule has 1 aromatic carbocycles. The molecule has 16 heavy (non-hydrogen) atoms. The number of aliphatic hydroxyl groups excluding tert-OH is 2. The number of aryl methyl sites for hydroxylation is 1. The van der Waals surface area contributed by atoms with Crippen LogP contribution in [-0.2, 0) is 6.42 Å². The van der Waals surface area contributed by atoms with Gasteiger partial charge < -0.3 is 10.2 Å². The molecular weight excluding hydrogens is 200 g/mol. The van der Waals surface area contributed by atoms with Crippen LogP contribution in [0.1, 0.15) is 30.9 Å². The van der Waals surface area contributed by atoms with Crippen molar-refractivity contribution in [3.05, 3.63) is 35.4 Å². The second-order valence-corrected chi connectivity index (χ2v) is 4.73. The molecule has 1 rings (SSSR count). The lowest BCUT2D eigenvalue weighted by atomic mass is 9.79. The molecule has 0 aromatic heterocycles. The summed E-state index contributed by atoms with van der Waals surface area (Å²) in [6, 6.07) is 8.29. The summed E-state index contributed by atoms with van der Waals surface area (Å²) < 4.78 is 0. The summed E-state index contributed by atoms with van der Waals surface area (Å²) >= 11 is 0. The molecule has 0 saturated carbocycles. The molecule has 0 spiro atoms. The predicted molar refractivity (Wildman–Crippen MR) is 66.4 cm³/mol. The number of hydrogen-bond acceptors (Lipinski definition) is 2. The maximum atomic E-state index is 9.46. The summed E-state index contributed by atoms with van der Waals surface area (Å²) in [5, 5.41) is 18.9. The number of benzene rings is 1. The Morgan fingerprint density at radius 2 is 1.62 bits per heavy atom. The Hall–Kier alpha value is -0.860. The zero-order valence-corrected chi connectivity index (χ0v) is 10.2. The smallest absolute Gasteiger partial charge is 0.0512 e. The van der Waals surface area contributed by atoms with E-state index < -0.39 is 0 Å². The molecule has 0 unspecified atom stereocenters. The molecule has 0 amide bonds. The summed E-state index contributed by atoms with van der Waals surface area (Å²) in [4.78, 5) is 0. The summed E-state index contributed by atoms with van der Waals surface area (Å²) in [7, 11) is 0. The van der Waals surface area contributed by atoms with Gasteiger partial charge in [0.05, 0.1) is 13.2 Å². The molecule has 2 heteroatoms. The molecule has 1 aromatic rings. The van der Waals surface area contributed by atoms with Crippen LogP contribution >= 0.6 is 0 Å². The Morgan fingerprint density at radius 1 is 1.06 bits per heavy atom. The Kier molecular flexibility index (Phi) is 4.97. The average Bonchev–Trinajstić information content (AvgIpc) is 2.31. The Labute approximate surface area is 97.9 Å². The van der Waals surface area contributed by atoms with Crippen LogP contribution < -0.4 is 0 Å². The van der Waals surface area contributed by atoms with Crippen LogP contribution in [0, 0.1) is 12.3 Å². The monoisotopic (exact) mass is 222 g/mol. The highest BCUT2D eigenvalue weighted by Gasteiger charge is 2.27. The van der Waals surface area contributed by atoms with Crippen LogP contribution in [0.4, 0.5) is 0 Å². The maximum Gasteiger partial charge on any atom is 0.0512 e. The van der Waals surface area contributed by atoms with Crippen molar-refractivity contribution in [1.82, 2.24) is 0 Å². The highest BCUT2D eigenvalue weighted by Crippen LogP contribution is 2.27. The van der Waals surface area contributed by atoms with Gasteiger partial charge in [-0.3, -0.25) is 0 Å². The molecule has 2 N–H and O–H groups in total. The van der Waals surface area contributed by atoms with Crippen LogP contribution in [-0.4, -0.2) is 23.4 Å². The number of aliphatic hydroxyl groups is 2. The van der Waals surface area contributed by atoms with E-state index in [0.717, 1.165) is 19.3 Å². The minimum atomic E-state index is -0.357. The second kappa shape index (κ2) is 6.02. The third-order valence-corrected chi connectivity index (χ3v) is 3.15. The molecule has 0 radical (unpaired) electrons. The van der Waals surface area contributed by atoms with Gasteiger partial charge in [-0.15, -0.1) is 0 Å². The third kappa shape index (κ3) is 3.32. The zero-order chi connectivity index (χ0) is 12.0. The Morgan fingerprint density at radius 3 is 2.06 bits per heavy atom. The summed E-state index contributed by atoms with van der Waals surface area (Å²) in [6.45, 7) is 4.23. The van der Waals surface area contributed by atoms with E-state index in [4.69, 9.17) is 0 Å². The predicted octanol–water partition coefficient (Wildman–Crippen LogP) is 2.31. The molecule has 0 bridgehead atoms. The summed E-state index contributed by atoms with van der Waals surface area (Å²) in [5.41, 5.74) is 2.06. The van der Waals surface area contributed by atoms with Crippen molar-refractivity contribution < 1.29 is 10.2 Å². The van der Waals surface area contributed by atoms with Gasteiger partial charge in [0.25, 0.3) is 0 Å². The highest BCUT2D eigenvalue weighted by atomic mass is 16.3. The first-order valence-electron chi connectivity index (χ1n) is 5.93. The van der Waals surface area contributed by atoms with Crippen molar-refractivity contribution in [2.75, 3.05) is 13.2 Å². The fraction of sp³-hybridized carbons (Fsp3) is 0.571. The van der Waals surface area contributed by atoms with Crippen molar-refractivity contribution in [2.24, 2.45) is 5.41 Å². The van der Waals surface area contributed by atoms with E-state index in [1.54, 1.807) is 0 Å². The molecular formula is C14H22O2. The van der Waals surface area contributed by atoms with Gasteiger partial charge in [0.15, 0.2) is 0 Å². The topological polar surface area (TPSA) is 40.5 Å². The number of hydrogen-bond donors (Lipinski definition) is 2. The first-order chi connectivity index (χ1) is 7.65. The van der Waals surface area contributed by atoms with E-state index in [9.17, 15) is 10.2 Å². The lowest BCUT2D eigenvalue weighted by molar-refractivity contribution is 0.0466. The zero-order valence-electron chi connectivity index (χ0n) is 10.2. The van der Waals surface area contributed by atoms with Gasteiger partial charge in [0.1, 0.15) is 0 Å². The molecule has 0 heterocycles. The van der Waals surface area contributed by atoms with Crippen LogP contribution in [0.3, 0.4) is 0 Å². The van der Waals surface area contributed by atoms with Crippen molar-refractivity contribution in [1.29, 1.82) is 0 Å². The van der Waals surface area contributed by atoms with Gasteiger partial charge in [0.2, 0.25) is 0 Å². The van der Waals surface area contributed by atoms with E-state index in [2.05, 4.69) is 38.1 Å². The van der Waals surface area contributed by atoms with Gasteiger partial charge in [-0.25, -0.2) is 0 Å². The second-order valence-electron chi connectivity index (χ2n) is 4.73. The summed E-state index contributed by atoms with van der Waals surface area (Å²) in [5.74, 6) is 0. The molecule has 90 valence electrons. The van der Waals surface area contributed by atoms with Gasteiger partial charge in [-0.2, -0.15) is 0 Å². The molecule has 0 saturated heterocycles. The van der Waals surface area contributed by atoms with E-state index in [1.165, 1.54) is 11.1 Å². The van der Waals surface area contributed by atoms with E-state index in [1.807, 2.05) is 0 Å². The van der Waals surface area contributed by atoms with E-state index in [0.29, 0.717) is 0 Å². The van der Waals surface area contributed by atoms with Gasteiger partial charge in [0, 0.05) is 5.41 Å². The first-order valence-corrected chi connectivity index (χ1v) is 5.93. The van der Waals surface area contributed by atoms with Crippen LogP contribution in [0.25, 0.3) is 0 Å². The molecule has 0 fully saturated rings. The fourth-order valence-corrected chi connectivity index (χ4v) is 2.08. The molecule has 0 atom stereocenters. The van der Waals surface area contributed by atoms with E-state index in [-0.39, 0.29) is 18.6 Å². The minimum Gasteiger partial charge on any atom is -0.396 e. The van der Waals surface area contributed by atoms with Crippen molar-refractivity contribution >= 4 is 0 Å². The standard InChI is InChI=1S/C14H22O2/c1-3-8-14(10-15,11-16)9-13-6-4-12(2)5-7-13/h4-7,15-16H,3,8-11H2,1-2H3. The number of rotatable bonds is 6. The molecule has 0 aliphatic carbocycles. The molecule has 0 aliphatic rings. The van der Waals surface area contributed by atoms with Gasteiger partial charge in [-0.1, -0.05) is 43.2 Å². The average molecular weight is 222 g/mol. The lowest BCUT2D eigenvalue weighted by Gasteiger charge is -2.29. The van der Waals surface area contributed by atoms with Crippen LogP contribution in [0.5, 0.6) is 0 Å². The fourth-order valence-electron chi connectivity index (χ4n) is 2.08. The van der Waals surface area contributed by atoms with Crippen molar-refractivity contribution in [3.8, 4) is 0 Å². The third-order valence-electron chi connectivity index (χ3n) is 3.15. The van der Waals surface area contributed by atoms with Crippen LogP contribution in [0.2, 0.25) is 0 Å². The van der Waals surface area contributed by atoms with Crippen molar-refractivity contribution in [2.45, 2.75) is 33.1 Å². The first kappa shape index (κ1) is 13.2. The Bertz CT molecular complexity index is 299. The highest BCUT2D eigenvalue weighted by molar-refractivity contribution is 5.22. The van der Waals surface area contributed by atoms with Gasteiger partial charge >= 0.3 is 0 Å². The Balaban J connectivity index is 2.78. The van der Waals surface area contributed by atoms with E-state index >= 15 is 0 Å². The largest absolute Gasteiger partial charge is 0.396 e. The molecule has 0 aliphatic heterocycles. The quantitative estimate of drug-likeness (QED) is 0.775. The summed E-state index contributed by atoms with van der Waals surface area (Å²) in [6.07, 6.45) is 2.58. The van der Waals surface area contributed by atoms with Crippen molar-refractivity contribution in [3.63, 3.8) is 0 Å². The van der Waals surface area contributed by atoms with Crippen LogP contribution in [0.15, 0.2) is 24.3 Å². The minimum absolute atomic E-state index is 0.0468. The normalized spacial score (nSPS) is 11.8. The van der Waals surface area contributed by atoms with Gasteiger partial charge in [-0.05, 0) is 25.3 Å². The lowest BCUT2D eigenvalue weighted by Crippen LogP contribution is -2.32. The SMILES string of the molecule is CCCC(CO)(CO)Cc1ccc(C)cc1.